The zero-order chi connectivity index (χ0) is 13.9. The van der Waals surface area contributed by atoms with Crippen LogP contribution >= 0.6 is 0 Å². The van der Waals surface area contributed by atoms with Gasteiger partial charge in [-0.05, 0) is 40.5 Å². The van der Waals surface area contributed by atoms with Crippen molar-refractivity contribution in [2.24, 2.45) is 5.92 Å². The SMILES string of the molecule is CC1CN(C(CNC(C)(C)C)C(C)C)CC(C)O1. The Hall–Kier alpha value is -0.120. The van der Waals surface area contributed by atoms with Crippen LogP contribution in [0.4, 0.5) is 0 Å². The highest BCUT2D eigenvalue weighted by atomic mass is 16.5. The smallest absolute Gasteiger partial charge is 0.0678 e. The molecule has 0 aromatic carbocycles. The van der Waals surface area contributed by atoms with Crippen molar-refractivity contribution in [2.45, 2.75) is 72.3 Å². The standard InChI is InChI=1S/C15H32N2O/c1-11(2)14(8-16-15(5,6)7)17-9-12(3)18-13(4)10-17/h11-14,16H,8-10H2,1-7H3. The summed E-state index contributed by atoms with van der Waals surface area (Å²) in [7, 11) is 0. The number of nitrogens with zero attached hydrogens (tertiary/aromatic N) is 1. The topological polar surface area (TPSA) is 24.5 Å². The van der Waals surface area contributed by atoms with Crippen LogP contribution in [0.1, 0.15) is 48.5 Å². The third-order valence-electron chi connectivity index (χ3n) is 3.53. The normalized spacial score (nSPS) is 28.7. The van der Waals surface area contributed by atoms with Gasteiger partial charge in [0.25, 0.3) is 0 Å². The van der Waals surface area contributed by atoms with E-state index < -0.39 is 0 Å². The van der Waals surface area contributed by atoms with Crippen molar-refractivity contribution < 1.29 is 4.74 Å². The number of hydrogen-bond acceptors (Lipinski definition) is 3. The fourth-order valence-electron chi connectivity index (χ4n) is 2.69. The van der Waals surface area contributed by atoms with Crippen LogP contribution in [-0.4, -0.2) is 48.3 Å². The molecule has 0 radical (unpaired) electrons. The Kier molecular flexibility index (Phi) is 5.63. The molecule has 108 valence electrons. The molecule has 1 aliphatic rings. The van der Waals surface area contributed by atoms with Gasteiger partial charge in [-0.2, -0.15) is 0 Å². The summed E-state index contributed by atoms with van der Waals surface area (Å²) in [6.45, 7) is 18.9. The van der Waals surface area contributed by atoms with Crippen molar-refractivity contribution in [1.82, 2.24) is 10.2 Å². The fourth-order valence-corrected chi connectivity index (χ4v) is 2.69. The molecule has 18 heavy (non-hydrogen) atoms. The van der Waals surface area contributed by atoms with Gasteiger partial charge in [-0.1, -0.05) is 13.8 Å². The van der Waals surface area contributed by atoms with Gasteiger partial charge in [-0.3, -0.25) is 4.90 Å². The minimum atomic E-state index is 0.191. The Bertz CT molecular complexity index is 237. The van der Waals surface area contributed by atoms with Crippen LogP contribution in [-0.2, 0) is 4.74 Å². The molecule has 0 aromatic rings. The number of nitrogens with one attached hydrogen (secondary N) is 1. The van der Waals surface area contributed by atoms with Crippen molar-refractivity contribution in [3.8, 4) is 0 Å². The minimum absolute atomic E-state index is 0.191. The van der Waals surface area contributed by atoms with E-state index in [0.717, 1.165) is 19.6 Å². The maximum absolute atomic E-state index is 5.83. The van der Waals surface area contributed by atoms with Crippen molar-refractivity contribution in [3.63, 3.8) is 0 Å². The molecule has 0 spiro atoms. The highest BCUT2D eigenvalue weighted by Crippen LogP contribution is 2.18. The van der Waals surface area contributed by atoms with Crippen LogP contribution in [0.5, 0.6) is 0 Å². The largest absolute Gasteiger partial charge is 0.373 e. The summed E-state index contributed by atoms with van der Waals surface area (Å²) in [5.74, 6) is 0.664. The summed E-state index contributed by atoms with van der Waals surface area (Å²) < 4.78 is 5.83. The molecule has 0 aliphatic carbocycles. The molecule has 1 aliphatic heterocycles. The summed E-state index contributed by atoms with van der Waals surface area (Å²) in [6.07, 6.45) is 0.703. The fraction of sp³-hybridized carbons (Fsp3) is 1.00. The van der Waals surface area contributed by atoms with Gasteiger partial charge in [0.1, 0.15) is 0 Å². The number of morpholine rings is 1. The lowest BCUT2D eigenvalue weighted by Gasteiger charge is -2.42. The number of rotatable bonds is 4. The molecule has 0 bridgehead atoms. The molecule has 1 fully saturated rings. The van der Waals surface area contributed by atoms with Gasteiger partial charge in [-0.15, -0.1) is 0 Å². The summed E-state index contributed by atoms with van der Waals surface area (Å²) in [6, 6.07) is 0.595. The Morgan fingerprint density at radius 2 is 1.67 bits per heavy atom. The van der Waals surface area contributed by atoms with Crippen LogP contribution in [0.25, 0.3) is 0 Å². The second kappa shape index (κ2) is 6.36. The molecule has 1 rings (SSSR count). The van der Waals surface area contributed by atoms with Gasteiger partial charge in [-0.25, -0.2) is 0 Å². The predicted molar refractivity (Wildman–Crippen MR) is 78.0 cm³/mol. The lowest BCUT2D eigenvalue weighted by molar-refractivity contribution is -0.0855. The number of ether oxygens (including phenoxy) is 1. The summed E-state index contributed by atoms with van der Waals surface area (Å²) >= 11 is 0. The average molecular weight is 256 g/mol. The van der Waals surface area contributed by atoms with E-state index in [1.165, 1.54) is 0 Å². The molecular formula is C15H32N2O. The van der Waals surface area contributed by atoms with Crippen LogP contribution < -0.4 is 5.32 Å². The third-order valence-corrected chi connectivity index (χ3v) is 3.53. The second-order valence-electron chi connectivity index (χ2n) is 7.15. The van der Waals surface area contributed by atoms with E-state index in [-0.39, 0.29) is 5.54 Å². The van der Waals surface area contributed by atoms with Crippen LogP contribution in [0.3, 0.4) is 0 Å². The van der Waals surface area contributed by atoms with E-state index >= 15 is 0 Å². The van der Waals surface area contributed by atoms with Crippen molar-refractivity contribution in [2.75, 3.05) is 19.6 Å². The zero-order valence-corrected chi connectivity index (χ0v) is 13.3. The molecule has 3 nitrogen and oxygen atoms in total. The third kappa shape index (κ3) is 5.25. The Morgan fingerprint density at radius 3 is 2.06 bits per heavy atom. The molecule has 3 unspecified atom stereocenters. The highest BCUT2D eigenvalue weighted by molar-refractivity contribution is 4.85. The molecule has 3 heteroatoms. The number of hydrogen-bond donors (Lipinski definition) is 1. The summed E-state index contributed by atoms with van der Waals surface area (Å²) in [5, 5.41) is 3.65. The molecule has 3 atom stereocenters. The van der Waals surface area contributed by atoms with Crippen LogP contribution in [0, 0.1) is 5.92 Å². The van der Waals surface area contributed by atoms with Gasteiger partial charge >= 0.3 is 0 Å². The van der Waals surface area contributed by atoms with E-state index in [1.54, 1.807) is 0 Å². The zero-order valence-electron chi connectivity index (χ0n) is 13.3. The lowest BCUT2D eigenvalue weighted by atomic mass is 9.99. The summed E-state index contributed by atoms with van der Waals surface area (Å²) in [4.78, 5) is 2.60. The van der Waals surface area contributed by atoms with E-state index in [0.29, 0.717) is 24.2 Å². The van der Waals surface area contributed by atoms with Gasteiger partial charge in [0.15, 0.2) is 0 Å². The first-order chi connectivity index (χ1) is 8.19. The van der Waals surface area contributed by atoms with E-state index in [1.807, 2.05) is 0 Å². The van der Waals surface area contributed by atoms with Crippen LogP contribution in [0.2, 0.25) is 0 Å². The lowest BCUT2D eigenvalue weighted by Crippen LogP contribution is -2.56. The molecule has 0 aromatic heterocycles. The molecule has 0 saturated carbocycles. The Balaban J connectivity index is 2.60. The first-order valence-corrected chi connectivity index (χ1v) is 7.33. The van der Waals surface area contributed by atoms with Crippen molar-refractivity contribution >= 4 is 0 Å². The van der Waals surface area contributed by atoms with Gasteiger partial charge in [0, 0.05) is 31.2 Å². The Labute approximate surface area is 113 Å². The maximum Gasteiger partial charge on any atom is 0.0678 e. The molecule has 1 heterocycles. The van der Waals surface area contributed by atoms with E-state index in [4.69, 9.17) is 4.74 Å². The predicted octanol–water partition coefficient (Wildman–Crippen LogP) is 2.51. The van der Waals surface area contributed by atoms with Gasteiger partial charge in [0.05, 0.1) is 12.2 Å². The first kappa shape index (κ1) is 15.9. The van der Waals surface area contributed by atoms with E-state index in [9.17, 15) is 0 Å². The van der Waals surface area contributed by atoms with Gasteiger partial charge < -0.3 is 10.1 Å². The quantitative estimate of drug-likeness (QED) is 0.836. The molecule has 0 amide bonds. The van der Waals surface area contributed by atoms with E-state index in [2.05, 4.69) is 58.7 Å². The summed E-state index contributed by atoms with van der Waals surface area (Å²) in [5.41, 5.74) is 0.191. The minimum Gasteiger partial charge on any atom is -0.373 e. The van der Waals surface area contributed by atoms with Crippen LogP contribution in [0.15, 0.2) is 0 Å². The highest BCUT2D eigenvalue weighted by Gasteiger charge is 2.30. The maximum atomic E-state index is 5.83. The molecule has 1 saturated heterocycles. The second-order valence-corrected chi connectivity index (χ2v) is 7.15. The monoisotopic (exact) mass is 256 g/mol. The molecular weight excluding hydrogens is 224 g/mol. The Morgan fingerprint density at radius 1 is 1.17 bits per heavy atom. The van der Waals surface area contributed by atoms with Crippen molar-refractivity contribution in [3.05, 3.63) is 0 Å². The van der Waals surface area contributed by atoms with Gasteiger partial charge in [0.2, 0.25) is 0 Å². The average Bonchev–Trinajstić information content (AvgIpc) is 2.13. The van der Waals surface area contributed by atoms with Crippen molar-refractivity contribution in [1.29, 1.82) is 0 Å². The first-order valence-electron chi connectivity index (χ1n) is 7.33. The molecule has 1 N–H and O–H groups in total.